The Kier molecular flexibility index (Phi) is 6.04. The summed E-state index contributed by atoms with van der Waals surface area (Å²) in [6.45, 7) is 3.90. The number of sulfonamides is 1. The van der Waals surface area contributed by atoms with Gasteiger partial charge in [-0.3, -0.25) is 9.10 Å². The van der Waals surface area contributed by atoms with Crippen LogP contribution in [0.25, 0.3) is 0 Å². The molecule has 0 bridgehead atoms. The third kappa shape index (κ3) is 5.22. The molecular formula is C13H17ClN2O3S. The molecule has 5 nitrogen and oxygen atoms in total. The number of carbonyl (C=O) groups excluding carboxylic acids is 1. The van der Waals surface area contributed by atoms with Crippen LogP contribution >= 0.6 is 11.6 Å². The highest BCUT2D eigenvalue weighted by molar-refractivity contribution is 7.92. The van der Waals surface area contributed by atoms with Gasteiger partial charge in [0, 0.05) is 24.5 Å². The number of halogens is 1. The minimum atomic E-state index is -3.48. The number of benzene rings is 1. The lowest BCUT2D eigenvalue weighted by molar-refractivity contribution is -0.120. The van der Waals surface area contributed by atoms with Crippen LogP contribution in [-0.4, -0.2) is 33.7 Å². The normalized spacial score (nSPS) is 10.9. The number of nitrogens with one attached hydrogen (secondary N) is 1. The van der Waals surface area contributed by atoms with Crippen molar-refractivity contribution in [1.29, 1.82) is 0 Å². The molecule has 0 saturated carbocycles. The van der Waals surface area contributed by atoms with E-state index in [2.05, 4.69) is 11.9 Å². The highest BCUT2D eigenvalue weighted by Gasteiger charge is 2.18. The number of hydrogen-bond acceptors (Lipinski definition) is 3. The molecule has 1 aromatic carbocycles. The van der Waals surface area contributed by atoms with E-state index in [0.717, 1.165) is 10.6 Å². The van der Waals surface area contributed by atoms with Crippen LogP contribution in [-0.2, 0) is 14.8 Å². The Morgan fingerprint density at radius 2 is 2.20 bits per heavy atom. The first-order valence-corrected chi connectivity index (χ1v) is 8.18. The van der Waals surface area contributed by atoms with Crippen LogP contribution in [0.3, 0.4) is 0 Å². The van der Waals surface area contributed by atoms with Crippen LogP contribution < -0.4 is 9.62 Å². The Bertz CT molecular complexity index is 587. The molecule has 0 radical (unpaired) electrons. The molecule has 0 aliphatic rings. The van der Waals surface area contributed by atoms with Crippen LogP contribution in [0, 0.1) is 0 Å². The third-order valence-corrected chi connectivity index (χ3v) is 3.91. The molecular weight excluding hydrogens is 300 g/mol. The molecule has 0 atom stereocenters. The van der Waals surface area contributed by atoms with Crippen molar-refractivity contribution in [3.8, 4) is 0 Å². The number of carbonyl (C=O) groups is 1. The summed E-state index contributed by atoms with van der Waals surface area (Å²) in [7, 11) is -3.48. The molecule has 0 saturated heterocycles. The van der Waals surface area contributed by atoms with Gasteiger partial charge in [-0.2, -0.15) is 0 Å². The van der Waals surface area contributed by atoms with E-state index in [4.69, 9.17) is 11.6 Å². The van der Waals surface area contributed by atoms with Crippen molar-refractivity contribution in [3.63, 3.8) is 0 Å². The average molecular weight is 317 g/mol. The summed E-state index contributed by atoms with van der Waals surface area (Å²) in [5, 5.41) is 3.03. The van der Waals surface area contributed by atoms with Gasteiger partial charge >= 0.3 is 0 Å². The SMILES string of the molecule is C=CCNC(=O)CCN(c1cccc(Cl)c1)S(C)(=O)=O. The molecule has 0 spiro atoms. The molecule has 0 aliphatic heterocycles. The fourth-order valence-electron chi connectivity index (χ4n) is 1.60. The van der Waals surface area contributed by atoms with Crippen molar-refractivity contribution in [1.82, 2.24) is 5.32 Å². The van der Waals surface area contributed by atoms with Crippen LogP contribution in [0.2, 0.25) is 5.02 Å². The van der Waals surface area contributed by atoms with Crippen LogP contribution in [0.15, 0.2) is 36.9 Å². The summed E-state index contributed by atoms with van der Waals surface area (Å²) in [6.07, 6.45) is 2.71. The lowest BCUT2D eigenvalue weighted by atomic mass is 10.3. The maximum atomic E-state index is 11.8. The van der Waals surface area contributed by atoms with Crippen molar-refractivity contribution in [3.05, 3.63) is 41.9 Å². The molecule has 20 heavy (non-hydrogen) atoms. The molecule has 0 heterocycles. The van der Waals surface area contributed by atoms with Crippen LogP contribution in [0.4, 0.5) is 5.69 Å². The number of hydrogen-bond donors (Lipinski definition) is 1. The van der Waals surface area contributed by atoms with Gasteiger partial charge in [-0.15, -0.1) is 6.58 Å². The van der Waals surface area contributed by atoms with E-state index < -0.39 is 10.0 Å². The lowest BCUT2D eigenvalue weighted by Gasteiger charge is -2.22. The summed E-state index contributed by atoms with van der Waals surface area (Å²) < 4.78 is 24.8. The Balaban J connectivity index is 2.82. The Labute approximate surface area is 124 Å². The number of rotatable bonds is 7. The number of anilines is 1. The van der Waals surface area contributed by atoms with Gasteiger partial charge in [0.25, 0.3) is 0 Å². The molecule has 1 rings (SSSR count). The predicted molar refractivity (Wildman–Crippen MR) is 81.5 cm³/mol. The van der Waals surface area contributed by atoms with E-state index in [-0.39, 0.29) is 18.9 Å². The second kappa shape index (κ2) is 7.31. The highest BCUT2D eigenvalue weighted by Crippen LogP contribution is 2.21. The Hall–Kier alpha value is -1.53. The highest BCUT2D eigenvalue weighted by atomic mass is 35.5. The topological polar surface area (TPSA) is 66.5 Å². The zero-order valence-electron chi connectivity index (χ0n) is 11.2. The van der Waals surface area contributed by atoms with Crippen molar-refractivity contribution < 1.29 is 13.2 Å². The third-order valence-electron chi connectivity index (χ3n) is 2.48. The van der Waals surface area contributed by atoms with Gasteiger partial charge in [0.2, 0.25) is 15.9 Å². The van der Waals surface area contributed by atoms with E-state index >= 15 is 0 Å². The maximum absolute atomic E-state index is 11.8. The maximum Gasteiger partial charge on any atom is 0.232 e. The molecule has 1 N–H and O–H groups in total. The van der Waals surface area contributed by atoms with Gasteiger partial charge in [-0.05, 0) is 18.2 Å². The van der Waals surface area contributed by atoms with Crippen molar-refractivity contribution in [2.45, 2.75) is 6.42 Å². The lowest BCUT2D eigenvalue weighted by Crippen LogP contribution is -2.34. The van der Waals surface area contributed by atoms with E-state index in [1.54, 1.807) is 30.3 Å². The second-order valence-electron chi connectivity index (χ2n) is 4.16. The van der Waals surface area contributed by atoms with Crippen LogP contribution in [0.5, 0.6) is 0 Å². The zero-order chi connectivity index (χ0) is 15.2. The van der Waals surface area contributed by atoms with Crippen molar-refractivity contribution >= 4 is 33.2 Å². The number of amides is 1. The molecule has 1 aromatic rings. The summed E-state index contributed by atoms with van der Waals surface area (Å²) in [5.41, 5.74) is 0.441. The van der Waals surface area contributed by atoms with Crippen molar-refractivity contribution in [2.75, 3.05) is 23.7 Å². The molecule has 110 valence electrons. The van der Waals surface area contributed by atoms with Gasteiger partial charge in [0.05, 0.1) is 11.9 Å². The largest absolute Gasteiger partial charge is 0.353 e. The fraction of sp³-hybridized carbons (Fsp3) is 0.308. The predicted octanol–water partition coefficient (Wildman–Crippen LogP) is 1.80. The summed E-state index contributed by atoms with van der Waals surface area (Å²) in [5.74, 6) is -0.236. The first-order chi connectivity index (χ1) is 9.34. The van der Waals surface area contributed by atoms with Crippen molar-refractivity contribution in [2.24, 2.45) is 0 Å². The minimum Gasteiger partial charge on any atom is -0.353 e. The monoisotopic (exact) mass is 316 g/mol. The second-order valence-corrected chi connectivity index (χ2v) is 6.50. The van der Waals surface area contributed by atoms with E-state index in [1.165, 1.54) is 0 Å². The summed E-state index contributed by atoms with van der Waals surface area (Å²) in [4.78, 5) is 11.5. The van der Waals surface area contributed by atoms with Gasteiger partial charge in [-0.25, -0.2) is 8.42 Å². The van der Waals surface area contributed by atoms with Gasteiger partial charge in [0.1, 0.15) is 0 Å². The van der Waals surface area contributed by atoms with Gasteiger partial charge in [-0.1, -0.05) is 23.7 Å². The van der Waals surface area contributed by atoms with E-state index in [0.29, 0.717) is 17.3 Å². The standard InChI is InChI=1S/C13H17ClN2O3S/c1-3-8-15-13(17)7-9-16(20(2,18)19)12-6-4-5-11(14)10-12/h3-6,10H,1,7-9H2,2H3,(H,15,17). The van der Waals surface area contributed by atoms with Gasteiger partial charge in [0.15, 0.2) is 0 Å². The molecule has 0 aromatic heterocycles. The molecule has 7 heteroatoms. The average Bonchev–Trinajstić information content (AvgIpc) is 2.35. The first-order valence-electron chi connectivity index (χ1n) is 5.95. The minimum absolute atomic E-state index is 0.0577. The molecule has 1 amide bonds. The zero-order valence-corrected chi connectivity index (χ0v) is 12.7. The fourth-order valence-corrected chi connectivity index (χ4v) is 2.70. The molecule has 0 unspecified atom stereocenters. The van der Waals surface area contributed by atoms with E-state index in [1.807, 2.05) is 0 Å². The molecule has 0 aliphatic carbocycles. The molecule has 0 fully saturated rings. The smallest absolute Gasteiger partial charge is 0.232 e. The van der Waals surface area contributed by atoms with E-state index in [9.17, 15) is 13.2 Å². The summed E-state index contributed by atoms with van der Waals surface area (Å²) >= 11 is 5.86. The van der Waals surface area contributed by atoms with Gasteiger partial charge < -0.3 is 5.32 Å². The van der Waals surface area contributed by atoms with Crippen LogP contribution in [0.1, 0.15) is 6.42 Å². The Morgan fingerprint density at radius 1 is 1.50 bits per heavy atom. The number of nitrogens with zero attached hydrogens (tertiary/aromatic N) is 1. The Morgan fingerprint density at radius 3 is 2.75 bits per heavy atom. The quantitative estimate of drug-likeness (QED) is 0.780. The first kappa shape index (κ1) is 16.5. The summed E-state index contributed by atoms with van der Waals surface area (Å²) in [6, 6.07) is 6.49.